The highest BCUT2D eigenvalue weighted by atomic mass is 16.4. The van der Waals surface area contributed by atoms with E-state index in [0.717, 1.165) is 0 Å². The molecular weight excluding hydrogens is 190 g/mol. The molecule has 14 heavy (non-hydrogen) atoms. The molecule has 0 heterocycles. The Kier molecular flexibility index (Phi) is 4.55. The first-order valence-electron chi connectivity index (χ1n) is 3.44. The van der Waals surface area contributed by atoms with Crippen molar-refractivity contribution in [3.63, 3.8) is 0 Å². The minimum atomic E-state index is -1.82. The van der Waals surface area contributed by atoms with E-state index >= 15 is 0 Å². The van der Waals surface area contributed by atoms with Gasteiger partial charge in [-0.1, -0.05) is 0 Å². The fourth-order valence-corrected chi connectivity index (χ4v) is 0.474. The number of carbonyl (C=O) groups is 2. The van der Waals surface area contributed by atoms with Gasteiger partial charge in [0.1, 0.15) is 5.75 Å². The maximum Gasteiger partial charge on any atom is 0.414 e. The summed E-state index contributed by atoms with van der Waals surface area (Å²) in [6.07, 6.45) is 0. The lowest BCUT2D eigenvalue weighted by molar-refractivity contribution is -0.159. The van der Waals surface area contributed by atoms with Gasteiger partial charge in [-0.05, 0) is 24.3 Å². The number of rotatable bonds is 0. The number of hydrogen-bond acceptors (Lipinski definition) is 4. The first-order valence-corrected chi connectivity index (χ1v) is 3.44. The summed E-state index contributed by atoms with van der Waals surface area (Å²) in [5.74, 6) is -3.40. The van der Waals surface area contributed by atoms with Gasteiger partial charge in [-0.25, -0.2) is 9.59 Å². The standard InChI is InChI=1S/C6H7NO.C2H2O4/c7-5-1-3-6(8)4-2-5;3-1(4)2(5)6/h1-4,8H,7H2;(H,3,4)(H,5,6). The van der Waals surface area contributed by atoms with Crippen LogP contribution in [0.4, 0.5) is 5.69 Å². The number of phenols is 1. The number of hydrogen-bond donors (Lipinski definition) is 4. The van der Waals surface area contributed by atoms with Crippen molar-refractivity contribution in [2.24, 2.45) is 0 Å². The summed E-state index contributed by atoms with van der Waals surface area (Å²) in [7, 11) is 0. The monoisotopic (exact) mass is 199 g/mol. The first kappa shape index (κ1) is 11.8. The summed E-state index contributed by atoms with van der Waals surface area (Å²) < 4.78 is 0. The fraction of sp³-hybridized carbons (Fsp3) is 0. The Morgan fingerprint density at radius 1 is 1.00 bits per heavy atom. The molecule has 1 aromatic rings. The Balaban J connectivity index is 0.000000255. The number of benzene rings is 1. The van der Waals surface area contributed by atoms with Crippen molar-refractivity contribution in [2.75, 3.05) is 5.73 Å². The number of aliphatic carboxylic acids is 2. The van der Waals surface area contributed by atoms with Crippen LogP contribution in [0, 0.1) is 0 Å². The number of nitrogen functional groups attached to an aromatic ring is 1. The molecule has 0 aliphatic heterocycles. The summed E-state index contributed by atoms with van der Waals surface area (Å²) in [4.78, 5) is 18.2. The number of aromatic hydroxyl groups is 1. The SMILES string of the molecule is Nc1ccc(O)cc1.O=C(O)C(=O)O. The van der Waals surface area contributed by atoms with Crippen LogP contribution in [-0.2, 0) is 9.59 Å². The lowest BCUT2D eigenvalue weighted by Crippen LogP contribution is -2.09. The highest BCUT2D eigenvalue weighted by molar-refractivity contribution is 6.27. The lowest BCUT2D eigenvalue weighted by Gasteiger charge is -1.89. The molecular formula is C8H9NO5. The Hall–Kier alpha value is -2.24. The molecule has 1 aromatic carbocycles. The van der Waals surface area contributed by atoms with Crippen LogP contribution >= 0.6 is 0 Å². The van der Waals surface area contributed by atoms with Crippen molar-refractivity contribution in [1.82, 2.24) is 0 Å². The molecule has 76 valence electrons. The zero-order valence-corrected chi connectivity index (χ0v) is 7.04. The third kappa shape index (κ3) is 5.42. The minimum Gasteiger partial charge on any atom is -0.508 e. The molecule has 5 N–H and O–H groups in total. The second kappa shape index (κ2) is 5.41. The smallest absolute Gasteiger partial charge is 0.414 e. The van der Waals surface area contributed by atoms with Crippen LogP contribution in [-0.4, -0.2) is 27.3 Å². The van der Waals surface area contributed by atoms with E-state index in [9.17, 15) is 0 Å². The number of carboxylic acid groups (broad SMARTS) is 2. The Morgan fingerprint density at radius 2 is 1.36 bits per heavy atom. The quantitative estimate of drug-likeness (QED) is 0.267. The van der Waals surface area contributed by atoms with Gasteiger partial charge in [-0.3, -0.25) is 0 Å². The molecule has 0 saturated heterocycles. The molecule has 0 aliphatic rings. The van der Waals surface area contributed by atoms with E-state index in [4.69, 9.17) is 30.6 Å². The second-order valence-electron chi connectivity index (χ2n) is 2.20. The number of anilines is 1. The molecule has 0 unspecified atom stereocenters. The number of nitrogens with two attached hydrogens (primary N) is 1. The van der Waals surface area contributed by atoms with Crippen molar-refractivity contribution >= 4 is 17.6 Å². The van der Waals surface area contributed by atoms with Crippen molar-refractivity contribution in [3.8, 4) is 5.75 Å². The van der Waals surface area contributed by atoms with E-state index in [0.29, 0.717) is 5.69 Å². The van der Waals surface area contributed by atoms with Crippen LogP contribution in [0.5, 0.6) is 5.75 Å². The van der Waals surface area contributed by atoms with Gasteiger partial charge in [0.15, 0.2) is 0 Å². The van der Waals surface area contributed by atoms with Gasteiger partial charge < -0.3 is 21.1 Å². The van der Waals surface area contributed by atoms with Gasteiger partial charge in [-0.2, -0.15) is 0 Å². The summed E-state index contributed by atoms with van der Waals surface area (Å²) in [6.45, 7) is 0. The molecule has 0 fully saturated rings. The number of phenolic OH excluding ortho intramolecular Hbond substituents is 1. The van der Waals surface area contributed by atoms with E-state index in [2.05, 4.69) is 0 Å². The molecule has 0 atom stereocenters. The molecule has 0 aromatic heterocycles. The predicted octanol–water partition coefficient (Wildman–Crippen LogP) is 0.130. The van der Waals surface area contributed by atoms with Gasteiger partial charge in [0.25, 0.3) is 0 Å². The molecule has 0 amide bonds. The van der Waals surface area contributed by atoms with Crippen LogP contribution in [0.2, 0.25) is 0 Å². The van der Waals surface area contributed by atoms with Gasteiger partial charge in [0.05, 0.1) is 0 Å². The lowest BCUT2D eigenvalue weighted by atomic mass is 10.3. The van der Waals surface area contributed by atoms with Gasteiger partial charge in [0.2, 0.25) is 0 Å². The molecule has 0 saturated carbocycles. The van der Waals surface area contributed by atoms with Crippen molar-refractivity contribution in [1.29, 1.82) is 0 Å². The minimum absolute atomic E-state index is 0.249. The average molecular weight is 199 g/mol. The maximum atomic E-state index is 9.10. The van der Waals surface area contributed by atoms with Crippen molar-refractivity contribution in [2.45, 2.75) is 0 Å². The van der Waals surface area contributed by atoms with Crippen molar-refractivity contribution in [3.05, 3.63) is 24.3 Å². The van der Waals surface area contributed by atoms with Crippen molar-refractivity contribution < 1.29 is 24.9 Å². The zero-order valence-electron chi connectivity index (χ0n) is 7.04. The van der Waals surface area contributed by atoms with E-state index in [1.54, 1.807) is 24.3 Å². The van der Waals surface area contributed by atoms with Gasteiger partial charge in [-0.15, -0.1) is 0 Å². The van der Waals surface area contributed by atoms with Crippen LogP contribution in [0.1, 0.15) is 0 Å². The Labute approximate surface area is 79.2 Å². The maximum absolute atomic E-state index is 9.10. The summed E-state index contributed by atoms with van der Waals surface area (Å²) in [5.41, 5.74) is 5.98. The normalized spacial score (nSPS) is 8.29. The number of carboxylic acids is 2. The van der Waals surface area contributed by atoms with Crippen LogP contribution in [0.3, 0.4) is 0 Å². The largest absolute Gasteiger partial charge is 0.508 e. The Bertz CT molecular complexity index is 286. The van der Waals surface area contributed by atoms with E-state index < -0.39 is 11.9 Å². The summed E-state index contributed by atoms with van der Waals surface area (Å²) >= 11 is 0. The van der Waals surface area contributed by atoms with E-state index in [1.807, 2.05) is 0 Å². The fourth-order valence-electron chi connectivity index (χ4n) is 0.474. The molecule has 0 radical (unpaired) electrons. The molecule has 0 aliphatic carbocycles. The molecule has 1 rings (SSSR count). The Morgan fingerprint density at radius 3 is 1.57 bits per heavy atom. The highest BCUT2D eigenvalue weighted by Gasteiger charge is 2.04. The third-order valence-corrected chi connectivity index (χ3v) is 1.08. The molecule has 6 heteroatoms. The molecule has 0 bridgehead atoms. The van der Waals surface area contributed by atoms with E-state index in [-0.39, 0.29) is 5.75 Å². The summed E-state index contributed by atoms with van der Waals surface area (Å²) in [6, 6.07) is 6.40. The zero-order chi connectivity index (χ0) is 11.1. The van der Waals surface area contributed by atoms with E-state index in [1.165, 1.54) is 0 Å². The van der Waals surface area contributed by atoms with Crippen LogP contribution < -0.4 is 5.73 Å². The molecule has 6 nitrogen and oxygen atoms in total. The topological polar surface area (TPSA) is 121 Å². The van der Waals surface area contributed by atoms with Crippen LogP contribution in [0.15, 0.2) is 24.3 Å². The molecule has 0 spiro atoms. The summed E-state index contributed by atoms with van der Waals surface area (Å²) in [5, 5.41) is 23.5. The van der Waals surface area contributed by atoms with Gasteiger partial charge >= 0.3 is 11.9 Å². The second-order valence-corrected chi connectivity index (χ2v) is 2.20. The third-order valence-electron chi connectivity index (χ3n) is 1.08. The highest BCUT2D eigenvalue weighted by Crippen LogP contribution is 2.09. The average Bonchev–Trinajstić information content (AvgIpc) is 2.11. The van der Waals surface area contributed by atoms with Crippen LogP contribution in [0.25, 0.3) is 0 Å². The predicted molar refractivity (Wildman–Crippen MR) is 47.8 cm³/mol. The van der Waals surface area contributed by atoms with Gasteiger partial charge in [0, 0.05) is 5.69 Å². The first-order chi connectivity index (χ1) is 6.43.